The van der Waals surface area contributed by atoms with E-state index in [0.29, 0.717) is 6.42 Å². The summed E-state index contributed by atoms with van der Waals surface area (Å²) in [5.74, 6) is -0.248. The summed E-state index contributed by atoms with van der Waals surface area (Å²) in [5, 5.41) is 19.7. The van der Waals surface area contributed by atoms with Crippen molar-refractivity contribution >= 4 is 21.6 Å². The predicted molar refractivity (Wildman–Crippen MR) is 84.8 cm³/mol. The van der Waals surface area contributed by atoms with Crippen LogP contribution in [0, 0.1) is 6.92 Å². The van der Waals surface area contributed by atoms with Gasteiger partial charge in [0, 0.05) is 0 Å². The SMILES string of the molecule is Cc1ccc2nc(C(N)Cc3ccc(O)c(O)c3)sc2c1. The maximum atomic E-state index is 9.52. The lowest BCUT2D eigenvalue weighted by Crippen LogP contribution is -2.12. The fourth-order valence-electron chi connectivity index (χ4n) is 2.25. The Labute approximate surface area is 126 Å². The van der Waals surface area contributed by atoms with E-state index in [0.717, 1.165) is 20.8 Å². The lowest BCUT2D eigenvalue weighted by molar-refractivity contribution is 0.403. The Morgan fingerprint density at radius 2 is 1.95 bits per heavy atom. The number of thiazole rings is 1. The van der Waals surface area contributed by atoms with Crippen molar-refractivity contribution in [3.8, 4) is 11.5 Å². The van der Waals surface area contributed by atoms with Crippen LogP contribution in [0.1, 0.15) is 22.2 Å². The van der Waals surface area contributed by atoms with Gasteiger partial charge in [0.15, 0.2) is 11.5 Å². The fourth-order valence-corrected chi connectivity index (χ4v) is 3.31. The second-order valence-corrected chi connectivity index (χ2v) is 6.22. The summed E-state index contributed by atoms with van der Waals surface area (Å²) >= 11 is 1.60. The highest BCUT2D eigenvalue weighted by Gasteiger charge is 2.13. The number of phenols is 2. The molecule has 0 fully saturated rings. The molecule has 0 amide bonds. The third kappa shape index (κ3) is 2.84. The fraction of sp³-hybridized carbons (Fsp3) is 0.188. The molecule has 0 radical (unpaired) electrons. The van der Waals surface area contributed by atoms with Crippen LogP contribution in [0.3, 0.4) is 0 Å². The number of aromatic nitrogens is 1. The molecule has 0 spiro atoms. The van der Waals surface area contributed by atoms with Crippen LogP contribution >= 0.6 is 11.3 Å². The molecule has 1 aromatic heterocycles. The van der Waals surface area contributed by atoms with Crippen LogP contribution < -0.4 is 5.73 Å². The van der Waals surface area contributed by atoms with E-state index < -0.39 is 0 Å². The van der Waals surface area contributed by atoms with Crippen molar-refractivity contribution in [2.24, 2.45) is 5.73 Å². The number of phenolic OH excluding ortho intramolecular Hbond substituents is 2. The first-order chi connectivity index (χ1) is 10.0. The van der Waals surface area contributed by atoms with Crippen molar-refractivity contribution in [2.75, 3.05) is 0 Å². The molecule has 0 aliphatic heterocycles. The standard InChI is InChI=1S/C16H16N2O2S/c1-9-2-4-12-15(6-9)21-16(18-12)11(17)7-10-3-5-13(19)14(20)8-10/h2-6,8,11,19-20H,7,17H2,1H3. The molecule has 3 rings (SSSR count). The van der Waals surface area contributed by atoms with Gasteiger partial charge in [-0.05, 0) is 48.7 Å². The summed E-state index contributed by atoms with van der Waals surface area (Å²) in [7, 11) is 0. The monoisotopic (exact) mass is 300 g/mol. The highest BCUT2D eigenvalue weighted by molar-refractivity contribution is 7.18. The number of fused-ring (bicyclic) bond motifs is 1. The molecule has 0 bridgehead atoms. The summed E-state index contributed by atoms with van der Waals surface area (Å²) < 4.78 is 1.13. The average molecular weight is 300 g/mol. The van der Waals surface area contributed by atoms with E-state index in [1.54, 1.807) is 17.4 Å². The summed E-state index contributed by atoms with van der Waals surface area (Å²) in [5.41, 5.74) is 9.26. The number of rotatable bonds is 3. The minimum absolute atomic E-state index is 0.122. The maximum Gasteiger partial charge on any atom is 0.157 e. The molecule has 0 aliphatic carbocycles. The van der Waals surface area contributed by atoms with Crippen molar-refractivity contribution in [1.82, 2.24) is 4.98 Å². The van der Waals surface area contributed by atoms with E-state index in [9.17, 15) is 10.2 Å². The van der Waals surface area contributed by atoms with Crippen LogP contribution in [0.4, 0.5) is 0 Å². The minimum Gasteiger partial charge on any atom is -0.504 e. The summed E-state index contributed by atoms with van der Waals surface area (Å²) in [4.78, 5) is 4.57. The molecular weight excluding hydrogens is 284 g/mol. The van der Waals surface area contributed by atoms with Gasteiger partial charge >= 0.3 is 0 Å². The molecule has 0 aliphatic rings. The lowest BCUT2D eigenvalue weighted by Gasteiger charge is -2.09. The molecule has 1 atom stereocenters. The van der Waals surface area contributed by atoms with Gasteiger partial charge in [-0.25, -0.2) is 4.98 Å². The number of hydrogen-bond donors (Lipinski definition) is 3. The largest absolute Gasteiger partial charge is 0.504 e. The first-order valence-corrected chi connectivity index (χ1v) is 7.48. The predicted octanol–water partition coefficient (Wildman–Crippen LogP) is 3.26. The number of aromatic hydroxyl groups is 2. The molecule has 4 N–H and O–H groups in total. The minimum atomic E-state index is -0.230. The zero-order chi connectivity index (χ0) is 15.0. The van der Waals surface area contributed by atoms with Gasteiger partial charge in [0.1, 0.15) is 5.01 Å². The number of nitrogens with zero attached hydrogens (tertiary/aromatic N) is 1. The highest BCUT2D eigenvalue weighted by Crippen LogP contribution is 2.30. The number of nitrogens with two attached hydrogens (primary N) is 1. The first kappa shape index (κ1) is 13.9. The van der Waals surface area contributed by atoms with Gasteiger partial charge in [-0.2, -0.15) is 0 Å². The van der Waals surface area contributed by atoms with Crippen molar-refractivity contribution in [2.45, 2.75) is 19.4 Å². The van der Waals surface area contributed by atoms with E-state index in [4.69, 9.17) is 5.73 Å². The van der Waals surface area contributed by atoms with E-state index in [-0.39, 0.29) is 17.5 Å². The topological polar surface area (TPSA) is 79.4 Å². The molecule has 4 nitrogen and oxygen atoms in total. The Hall–Kier alpha value is -2.11. The van der Waals surface area contributed by atoms with Crippen LogP contribution in [0.15, 0.2) is 36.4 Å². The number of benzene rings is 2. The number of hydrogen-bond acceptors (Lipinski definition) is 5. The smallest absolute Gasteiger partial charge is 0.157 e. The van der Waals surface area contributed by atoms with Gasteiger partial charge in [-0.15, -0.1) is 11.3 Å². The normalized spacial score (nSPS) is 12.7. The molecule has 3 aromatic rings. The van der Waals surface area contributed by atoms with E-state index in [1.165, 1.54) is 17.7 Å². The van der Waals surface area contributed by atoms with Crippen LogP contribution in [0.25, 0.3) is 10.2 Å². The van der Waals surface area contributed by atoms with Crippen molar-refractivity contribution in [1.29, 1.82) is 0 Å². The molecule has 1 heterocycles. The van der Waals surface area contributed by atoms with Gasteiger partial charge in [0.05, 0.1) is 16.3 Å². The molecular formula is C16H16N2O2S. The van der Waals surface area contributed by atoms with E-state index >= 15 is 0 Å². The molecule has 108 valence electrons. The van der Waals surface area contributed by atoms with Crippen LogP contribution in [-0.2, 0) is 6.42 Å². The molecule has 0 saturated heterocycles. The summed E-state index contributed by atoms with van der Waals surface area (Å²) in [6, 6.07) is 10.7. The second-order valence-electron chi connectivity index (χ2n) is 5.16. The lowest BCUT2D eigenvalue weighted by atomic mass is 10.1. The Bertz CT molecular complexity index is 798. The van der Waals surface area contributed by atoms with E-state index in [2.05, 4.69) is 18.0 Å². The molecule has 2 aromatic carbocycles. The van der Waals surface area contributed by atoms with Gasteiger partial charge in [-0.1, -0.05) is 12.1 Å². The molecule has 5 heteroatoms. The highest BCUT2D eigenvalue weighted by atomic mass is 32.1. The first-order valence-electron chi connectivity index (χ1n) is 6.66. The maximum absolute atomic E-state index is 9.52. The zero-order valence-electron chi connectivity index (χ0n) is 11.6. The van der Waals surface area contributed by atoms with Crippen molar-refractivity contribution in [3.63, 3.8) is 0 Å². The second kappa shape index (κ2) is 5.35. The third-order valence-electron chi connectivity index (χ3n) is 3.37. The van der Waals surface area contributed by atoms with Gasteiger partial charge in [-0.3, -0.25) is 0 Å². The van der Waals surface area contributed by atoms with Crippen molar-refractivity contribution in [3.05, 3.63) is 52.5 Å². The third-order valence-corrected chi connectivity index (χ3v) is 4.52. The number of aryl methyl sites for hydroxylation is 1. The van der Waals surface area contributed by atoms with Crippen LogP contribution in [0.5, 0.6) is 11.5 Å². The summed E-state index contributed by atoms with van der Waals surface area (Å²) in [6.45, 7) is 2.05. The quantitative estimate of drug-likeness (QED) is 0.649. The molecule has 0 saturated carbocycles. The molecule has 1 unspecified atom stereocenters. The van der Waals surface area contributed by atoms with Crippen LogP contribution in [0.2, 0.25) is 0 Å². The Morgan fingerprint density at radius 1 is 1.14 bits per heavy atom. The zero-order valence-corrected chi connectivity index (χ0v) is 12.4. The van der Waals surface area contributed by atoms with Crippen LogP contribution in [-0.4, -0.2) is 15.2 Å². The van der Waals surface area contributed by atoms with E-state index in [1.807, 2.05) is 12.1 Å². The summed E-state index contributed by atoms with van der Waals surface area (Å²) in [6.07, 6.45) is 0.562. The Balaban J connectivity index is 1.85. The van der Waals surface area contributed by atoms with Gasteiger partial charge in [0.2, 0.25) is 0 Å². The molecule has 21 heavy (non-hydrogen) atoms. The average Bonchev–Trinajstić information content (AvgIpc) is 2.86. The van der Waals surface area contributed by atoms with Gasteiger partial charge < -0.3 is 15.9 Å². The Morgan fingerprint density at radius 3 is 2.71 bits per heavy atom. The van der Waals surface area contributed by atoms with Crippen molar-refractivity contribution < 1.29 is 10.2 Å². The Kier molecular flexibility index (Phi) is 3.53. The van der Waals surface area contributed by atoms with Gasteiger partial charge in [0.25, 0.3) is 0 Å².